The maximum atomic E-state index is 12.7. The first-order valence-corrected chi connectivity index (χ1v) is 9.82. The molecular formula is C20H21N3O2S. The van der Waals surface area contributed by atoms with Gasteiger partial charge in [0, 0.05) is 29.6 Å². The van der Waals surface area contributed by atoms with Crippen molar-refractivity contribution >= 4 is 23.3 Å². The number of rotatable bonds is 6. The van der Waals surface area contributed by atoms with E-state index < -0.39 is 0 Å². The Hall–Kier alpha value is -2.31. The van der Waals surface area contributed by atoms with Gasteiger partial charge in [-0.25, -0.2) is 4.98 Å². The Bertz CT molecular complexity index is 870. The molecule has 3 heterocycles. The highest BCUT2D eigenvalue weighted by Crippen LogP contribution is 2.26. The number of hydrogen-bond donors (Lipinski definition) is 1. The molecule has 0 radical (unpaired) electrons. The van der Waals surface area contributed by atoms with E-state index in [-0.39, 0.29) is 5.91 Å². The van der Waals surface area contributed by atoms with Crippen molar-refractivity contribution < 1.29 is 9.53 Å². The summed E-state index contributed by atoms with van der Waals surface area (Å²) < 4.78 is 7.63. The van der Waals surface area contributed by atoms with Crippen LogP contribution in [0.1, 0.15) is 28.9 Å². The predicted octanol–water partition coefficient (Wildman–Crippen LogP) is 3.54. The third-order valence-corrected chi connectivity index (χ3v) is 5.63. The van der Waals surface area contributed by atoms with Crippen molar-refractivity contribution in [3.63, 3.8) is 0 Å². The molecule has 3 aromatic rings. The summed E-state index contributed by atoms with van der Waals surface area (Å²) in [6.07, 6.45) is 6.43. The minimum Gasteiger partial charge on any atom is -0.377 e. The summed E-state index contributed by atoms with van der Waals surface area (Å²) in [6.45, 7) is 1.26. The van der Waals surface area contributed by atoms with Crippen LogP contribution in [0.25, 0.3) is 5.65 Å². The fourth-order valence-corrected chi connectivity index (χ4v) is 4.20. The number of carbonyl (C=O) groups is 1. The highest BCUT2D eigenvalue weighted by Gasteiger charge is 2.18. The van der Waals surface area contributed by atoms with Crippen LogP contribution >= 0.6 is 11.8 Å². The average molecular weight is 367 g/mol. The van der Waals surface area contributed by atoms with E-state index in [0.29, 0.717) is 18.2 Å². The van der Waals surface area contributed by atoms with Gasteiger partial charge in [0.25, 0.3) is 5.91 Å². The molecule has 5 nitrogen and oxygen atoms in total. The first-order valence-electron chi connectivity index (χ1n) is 8.84. The SMILES string of the molecule is O=C(NCc1cn2ccccc2n1)c1ccccc1SC[C@@H]1CCCO1. The molecule has 0 spiro atoms. The van der Waals surface area contributed by atoms with Gasteiger partial charge in [0.2, 0.25) is 0 Å². The summed E-state index contributed by atoms with van der Waals surface area (Å²) >= 11 is 1.69. The minimum absolute atomic E-state index is 0.0718. The van der Waals surface area contributed by atoms with Crippen LogP contribution in [0, 0.1) is 0 Å². The number of thioether (sulfide) groups is 1. The highest BCUT2D eigenvalue weighted by molar-refractivity contribution is 7.99. The van der Waals surface area contributed by atoms with Crippen LogP contribution < -0.4 is 5.32 Å². The van der Waals surface area contributed by atoms with E-state index in [1.165, 1.54) is 0 Å². The highest BCUT2D eigenvalue weighted by atomic mass is 32.2. The van der Waals surface area contributed by atoms with Crippen LogP contribution in [-0.2, 0) is 11.3 Å². The van der Waals surface area contributed by atoms with Gasteiger partial charge in [0.1, 0.15) is 5.65 Å². The number of pyridine rings is 1. The third kappa shape index (κ3) is 3.92. The number of nitrogens with one attached hydrogen (secondary N) is 1. The number of amides is 1. The fourth-order valence-electron chi connectivity index (χ4n) is 3.08. The Labute approximate surface area is 156 Å². The summed E-state index contributed by atoms with van der Waals surface area (Å²) in [6, 6.07) is 13.6. The molecule has 1 N–H and O–H groups in total. The second-order valence-electron chi connectivity index (χ2n) is 6.32. The third-order valence-electron chi connectivity index (χ3n) is 4.42. The van der Waals surface area contributed by atoms with Gasteiger partial charge in [0.05, 0.1) is 23.9 Å². The van der Waals surface area contributed by atoms with Crippen molar-refractivity contribution in [3.8, 4) is 0 Å². The Balaban J connectivity index is 1.40. The summed E-state index contributed by atoms with van der Waals surface area (Å²) in [7, 11) is 0. The molecule has 1 aliphatic rings. The van der Waals surface area contributed by atoms with Gasteiger partial charge in [-0.1, -0.05) is 18.2 Å². The number of fused-ring (bicyclic) bond motifs is 1. The van der Waals surface area contributed by atoms with Crippen molar-refractivity contribution in [3.05, 3.63) is 66.1 Å². The quantitative estimate of drug-likeness (QED) is 0.677. The second kappa shape index (κ2) is 7.93. The molecule has 1 aliphatic heterocycles. The van der Waals surface area contributed by atoms with Gasteiger partial charge in [-0.05, 0) is 37.1 Å². The molecule has 0 unspecified atom stereocenters. The summed E-state index contributed by atoms with van der Waals surface area (Å²) in [5.41, 5.74) is 2.43. The monoisotopic (exact) mass is 367 g/mol. The second-order valence-corrected chi connectivity index (χ2v) is 7.39. The van der Waals surface area contributed by atoms with Crippen molar-refractivity contribution in [2.75, 3.05) is 12.4 Å². The zero-order valence-corrected chi connectivity index (χ0v) is 15.2. The lowest BCUT2D eigenvalue weighted by molar-refractivity contribution is 0.0947. The molecule has 1 atom stereocenters. The minimum atomic E-state index is -0.0718. The van der Waals surface area contributed by atoms with Crippen LogP contribution in [0.2, 0.25) is 0 Å². The largest absolute Gasteiger partial charge is 0.377 e. The van der Waals surface area contributed by atoms with Gasteiger partial charge in [0.15, 0.2) is 0 Å². The number of imidazole rings is 1. The van der Waals surface area contributed by atoms with Gasteiger partial charge in [-0.3, -0.25) is 4.79 Å². The number of carbonyl (C=O) groups excluding carboxylic acids is 1. The molecule has 2 aromatic heterocycles. The Morgan fingerprint density at radius 3 is 3.00 bits per heavy atom. The van der Waals surface area contributed by atoms with E-state index in [0.717, 1.165) is 41.4 Å². The van der Waals surface area contributed by atoms with E-state index in [2.05, 4.69) is 10.3 Å². The van der Waals surface area contributed by atoms with Crippen LogP contribution in [0.15, 0.2) is 59.8 Å². The van der Waals surface area contributed by atoms with Gasteiger partial charge < -0.3 is 14.5 Å². The van der Waals surface area contributed by atoms with Crippen LogP contribution in [0.4, 0.5) is 0 Å². The van der Waals surface area contributed by atoms with Gasteiger partial charge in [-0.15, -0.1) is 11.8 Å². The van der Waals surface area contributed by atoms with E-state index in [1.807, 2.05) is 59.3 Å². The zero-order chi connectivity index (χ0) is 17.8. The predicted molar refractivity (Wildman–Crippen MR) is 103 cm³/mol. The first-order chi connectivity index (χ1) is 12.8. The van der Waals surface area contributed by atoms with Crippen molar-refractivity contribution in [2.24, 2.45) is 0 Å². The van der Waals surface area contributed by atoms with Crippen LogP contribution in [0.5, 0.6) is 0 Å². The average Bonchev–Trinajstić information content (AvgIpc) is 3.33. The molecular weight excluding hydrogens is 346 g/mol. The molecule has 4 rings (SSSR count). The summed E-state index contributed by atoms with van der Waals surface area (Å²) in [5.74, 6) is 0.814. The van der Waals surface area contributed by atoms with Gasteiger partial charge >= 0.3 is 0 Å². The zero-order valence-electron chi connectivity index (χ0n) is 14.4. The maximum Gasteiger partial charge on any atom is 0.252 e. The van der Waals surface area contributed by atoms with E-state index >= 15 is 0 Å². The van der Waals surface area contributed by atoms with Crippen LogP contribution in [0.3, 0.4) is 0 Å². The number of aromatic nitrogens is 2. The number of hydrogen-bond acceptors (Lipinski definition) is 4. The standard InChI is InChI=1S/C20H21N3O2S/c24-20(21-12-15-13-23-10-4-3-9-19(23)22-15)17-7-1-2-8-18(17)26-14-16-6-5-11-25-16/h1-4,7-10,13,16H,5-6,11-12,14H2,(H,21,24)/t16-/m0/s1. The van der Waals surface area contributed by atoms with Crippen molar-refractivity contribution in [1.82, 2.24) is 14.7 Å². The normalized spacial score (nSPS) is 16.8. The molecule has 134 valence electrons. The topological polar surface area (TPSA) is 55.6 Å². The molecule has 0 aliphatic carbocycles. The maximum absolute atomic E-state index is 12.7. The Kier molecular flexibility index (Phi) is 5.22. The molecule has 6 heteroatoms. The van der Waals surface area contributed by atoms with E-state index in [1.54, 1.807) is 11.8 Å². The Morgan fingerprint density at radius 2 is 2.15 bits per heavy atom. The molecule has 0 saturated carbocycles. The van der Waals surface area contributed by atoms with Crippen molar-refractivity contribution in [2.45, 2.75) is 30.4 Å². The van der Waals surface area contributed by atoms with Crippen LogP contribution in [-0.4, -0.2) is 33.8 Å². The summed E-state index contributed by atoms with van der Waals surface area (Å²) in [5, 5.41) is 2.99. The smallest absolute Gasteiger partial charge is 0.252 e. The molecule has 1 saturated heterocycles. The van der Waals surface area contributed by atoms with Crippen molar-refractivity contribution in [1.29, 1.82) is 0 Å². The molecule has 0 bridgehead atoms. The summed E-state index contributed by atoms with van der Waals surface area (Å²) in [4.78, 5) is 18.2. The number of ether oxygens (including phenoxy) is 1. The number of benzene rings is 1. The molecule has 1 fully saturated rings. The molecule has 1 aromatic carbocycles. The first kappa shape index (κ1) is 17.1. The lowest BCUT2D eigenvalue weighted by Gasteiger charge is -2.12. The van der Waals surface area contributed by atoms with E-state index in [9.17, 15) is 4.79 Å². The molecule has 1 amide bonds. The number of nitrogens with zero attached hydrogens (tertiary/aromatic N) is 2. The fraction of sp³-hybridized carbons (Fsp3) is 0.300. The van der Waals surface area contributed by atoms with E-state index in [4.69, 9.17) is 4.74 Å². The van der Waals surface area contributed by atoms with Gasteiger partial charge in [-0.2, -0.15) is 0 Å². The molecule has 26 heavy (non-hydrogen) atoms. The lowest BCUT2D eigenvalue weighted by atomic mass is 10.2. The Morgan fingerprint density at radius 1 is 1.27 bits per heavy atom. The lowest BCUT2D eigenvalue weighted by Crippen LogP contribution is -2.23.